The zero-order chi connectivity index (χ0) is 28.7. The number of pyridine rings is 1. The van der Waals surface area contributed by atoms with Crippen LogP contribution in [0.1, 0.15) is 59.0 Å². The van der Waals surface area contributed by atoms with Gasteiger partial charge in [0.25, 0.3) is 17.4 Å². The van der Waals surface area contributed by atoms with Crippen molar-refractivity contribution in [2.75, 3.05) is 43.5 Å². The van der Waals surface area contributed by atoms with E-state index >= 15 is 0 Å². The number of hydrogen-bond donors (Lipinski definition) is 1. The Bertz CT molecular complexity index is 1500. The van der Waals surface area contributed by atoms with Crippen LogP contribution in [0.5, 0.6) is 5.75 Å². The minimum Gasteiger partial charge on any atom is -0.497 e. The molecule has 2 fully saturated rings. The number of hydrogen-bond acceptors (Lipinski definition) is 5. The summed E-state index contributed by atoms with van der Waals surface area (Å²) >= 11 is 0. The largest absolute Gasteiger partial charge is 0.497 e. The van der Waals surface area contributed by atoms with Gasteiger partial charge in [0.1, 0.15) is 5.75 Å². The number of benzene rings is 2. The van der Waals surface area contributed by atoms with Crippen LogP contribution in [0.2, 0.25) is 0 Å². The Morgan fingerprint density at radius 3 is 2.32 bits per heavy atom. The van der Waals surface area contributed by atoms with Gasteiger partial charge in [-0.3, -0.25) is 14.4 Å². The average Bonchev–Trinajstić information content (AvgIpc) is 2.96. The maximum Gasteiger partial charge on any atom is 0.255 e. The minimum absolute atomic E-state index is 0.00119. The van der Waals surface area contributed by atoms with Crippen molar-refractivity contribution in [1.29, 1.82) is 0 Å². The second-order valence-corrected chi connectivity index (χ2v) is 12.2. The SMILES string of the molecule is COc1ccc(C(=O)Nc2cc(C(=O)N3C[C@H](C)C[C@@H](C)C3)ccc2N2C[C@H]3C[C@@H](C2)c2cccc(=O)n2C3)cc1. The molecule has 1 N–H and O–H groups in total. The molecular weight excluding hydrogens is 516 g/mol. The van der Waals surface area contributed by atoms with Gasteiger partial charge in [0.2, 0.25) is 0 Å². The van der Waals surface area contributed by atoms with Crippen LogP contribution < -0.4 is 20.5 Å². The molecule has 2 aromatic carbocycles. The molecule has 0 aliphatic carbocycles. The molecule has 2 bridgehead atoms. The lowest BCUT2D eigenvalue weighted by molar-refractivity contribution is 0.0623. The van der Waals surface area contributed by atoms with Crippen molar-refractivity contribution in [2.24, 2.45) is 17.8 Å². The number of fused-ring (bicyclic) bond motifs is 4. The van der Waals surface area contributed by atoms with Crippen LogP contribution in [0.15, 0.2) is 65.5 Å². The van der Waals surface area contributed by atoms with E-state index in [2.05, 4.69) is 30.1 Å². The Morgan fingerprint density at radius 1 is 0.854 bits per heavy atom. The molecular formula is C33H38N4O4. The van der Waals surface area contributed by atoms with Crippen molar-refractivity contribution < 1.29 is 14.3 Å². The Hall–Kier alpha value is -4.07. The highest BCUT2D eigenvalue weighted by atomic mass is 16.5. The summed E-state index contributed by atoms with van der Waals surface area (Å²) in [6.45, 7) is 8.08. The van der Waals surface area contributed by atoms with Gasteiger partial charge in [-0.25, -0.2) is 0 Å². The highest BCUT2D eigenvalue weighted by Crippen LogP contribution is 2.39. The summed E-state index contributed by atoms with van der Waals surface area (Å²) in [4.78, 5) is 43.8. The predicted octanol–water partition coefficient (Wildman–Crippen LogP) is 4.85. The number of aromatic nitrogens is 1. The summed E-state index contributed by atoms with van der Waals surface area (Å²) in [5.74, 6) is 1.90. The van der Waals surface area contributed by atoms with E-state index in [4.69, 9.17) is 4.74 Å². The number of carbonyl (C=O) groups is 2. The smallest absolute Gasteiger partial charge is 0.255 e. The van der Waals surface area contributed by atoms with E-state index in [1.165, 1.54) is 0 Å². The number of rotatable bonds is 5. The molecule has 3 aromatic rings. The number of amides is 2. The van der Waals surface area contributed by atoms with Gasteiger partial charge in [0, 0.05) is 61.5 Å². The topological polar surface area (TPSA) is 83.9 Å². The Balaban J connectivity index is 1.33. The maximum atomic E-state index is 13.6. The third-order valence-electron chi connectivity index (χ3n) is 8.82. The van der Waals surface area contributed by atoms with E-state index in [9.17, 15) is 14.4 Å². The van der Waals surface area contributed by atoms with Crippen molar-refractivity contribution in [3.63, 3.8) is 0 Å². The molecule has 0 spiro atoms. The summed E-state index contributed by atoms with van der Waals surface area (Å²) < 4.78 is 7.17. The first kappa shape index (κ1) is 27.1. The standard InChI is InChI=1S/C33H38N4O4/c1-21-13-22(2)17-36(16-21)33(40)25-9-12-30(28(15-25)34-32(39)24-7-10-27(41-3)11-8-24)35-18-23-14-26(20-35)29-5-4-6-31(38)37(29)19-23/h4-12,15,21-23,26H,13-14,16-20H2,1-3H3,(H,34,39)/t21-,22-,23-,26+/m1/s1. The molecule has 2 saturated heterocycles. The molecule has 8 heteroatoms. The number of anilines is 2. The molecule has 3 aliphatic heterocycles. The van der Waals surface area contributed by atoms with Crippen LogP contribution in [-0.4, -0.2) is 54.6 Å². The predicted molar refractivity (Wildman–Crippen MR) is 160 cm³/mol. The van der Waals surface area contributed by atoms with E-state index in [1.807, 2.05) is 33.7 Å². The summed E-state index contributed by atoms with van der Waals surface area (Å²) in [6, 6.07) is 18.2. The van der Waals surface area contributed by atoms with Crippen molar-refractivity contribution >= 4 is 23.2 Å². The fourth-order valence-corrected chi connectivity index (χ4v) is 7.09. The number of piperidine rings is 2. The quantitative estimate of drug-likeness (QED) is 0.488. The van der Waals surface area contributed by atoms with Crippen LogP contribution in [0.3, 0.4) is 0 Å². The van der Waals surface area contributed by atoms with Crippen LogP contribution in [0.25, 0.3) is 0 Å². The van der Waals surface area contributed by atoms with Crippen molar-refractivity contribution in [2.45, 2.75) is 39.2 Å². The molecule has 3 aliphatic rings. The van der Waals surface area contributed by atoms with E-state index in [0.29, 0.717) is 46.9 Å². The van der Waals surface area contributed by atoms with E-state index in [1.54, 1.807) is 37.4 Å². The Labute approximate surface area is 240 Å². The van der Waals surface area contributed by atoms with Crippen molar-refractivity contribution in [3.05, 3.63) is 87.8 Å². The number of likely N-dealkylation sites (tertiary alicyclic amines) is 1. The normalized spacial score (nSPS) is 23.5. The molecule has 1 aromatic heterocycles. The van der Waals surface area contributed by atoms with Gasteiger partial charge in [-0.15, -0.1) is 0 Å². The number of carbonyl (C=O) groups excluding carboxylic acids is 2. The average molecular weight is 555 g/mol. The number of nitrogens with one attached hydrogen (secondary N) is 1. The van der Waals surface area contributed by atoms with Gasteiger partial charge in [-0.2, -0.15) is 0 Å². The lowest BCUT2D eigenvalue weighted by atomic mass is 9.83. The molecule has 4 atom stereocenters. The fourth-order valence-electron chi connectivity index (χ4n) is 7.09. The molecule has 6 rings (SSSR count). The first-order valence-electron chi connectivity index (χ1n) is 14.6. The molecule has 41 heavy (non-hydrogen) atoms. The second kappa shape index (κ2) is 11.1. The van der Waals surface area contributed by atoms with Gasteiger partial charge in [0.05, 0.1) is 18.5 Å². The summed E-state index contributed by atoms with van der Waals surface area (Å²) in [6.07, 6.45) is 2.16. The summed E-state index contributed by atoms with van der Waals surface area (Å²) in [7, 11) is 1.59. The fraction of sp³-hybridized carbons (Fsp3) is 0.424. The van der Waals surface area contributed by atoms with Gasteiger partial charge in [-0.1, -0.05) is 19.9 Å². The maximum absolute atomic E-state index is 13.6. The highest BCUT2D eigenvalue weighted by Gasteiger charge is 2.36. The summed E-state index contributed by atoms with van der Waals surface area (Å²) in [5.41, 5.74) is 3.74. The molecule has 0 unspecified atom stereocenters. The van der Waals surface area contributed by atoms with Crippen LogP contribution in [-0.2, 0) is 6.54 Å². The minimum atomic E-state index is -0.243. The van der Waals surface area contributed by atoms with E-state index in [-0.39, 0.29) is 23.3 Å². The molecule has 4 heterocycles. The van der Waals surface area contributed by atoms with Gasteiger partial charge < -0.3 is 24.4 Å². The van der Waals surface area contributed by atoms with Crippen LogP contribution >= 0.6 is 0 Å². The Morgan fingerprint density at radius 2 is 1.59 bits per heavy atom. The monoisotopic (exact) mass is 554 g/mol. The second-order valence-electron chi connectivity index (χ2n) is 12.2. The first-order chi connectivity index (χ1) is 19.8. The van der Waals surface area contributed by atoms with Gasteiger partial charge in [-0.05, 0) is 79.1 Å². The zero-order valence-electron chi connectivity index (χ0n) is 24.0. The third kappa shape index (κ3) is 5.47. The zero-order valence-corrected chi connectivity index (χ0v) is 24.0. The molecule has 8 nitrogen and oxygen atoms in total. The Kier molecular flexibility index (Phi) is 7.32. The molecule has 2 amide bonds. The van der Waals surface area contributed by atoms with Crippen molar-refractivity contribution in [3.8, 4) is 5.75 Å². The molecule has 0 radical (unpaired) electrons. The van der Waals surface area contributed by atoms with Crippen LogP contribution in [0, 0.1) is 17.8 Å². The summed E-state index contributed by atoms with van der Waals surface area (Å²) in [5, 5.41) is 3.12. The van der Waals surface area contributed by atoms with Gasteiger partial charge >= 0.3 is 0 Å². The van der Waals surface area contributed by atoms with E-state index < -0.39 is 0 Å². The lowest BCUT2D eigenvalue weighted by Crippen LogP contribution is -2.47. The van der Waals surface area contributed by atoms with Crippen LogP contribution in [0.4, 0.5) is 11.4 Å². The van der Waals surface area contributed by atoms with Crippen molar-refractivity contribution in [1.82, 2.24) is 9.47 Å². The van der Waals surface area contributed by atoms with Gasteiger partial charge in [0.15, 0.2) is 0 Å². The van der Waals surface area contributed by atoms with E-state index in [0.717, 1.165) is 50.4 Å². The number of ether oxygens (including phenoxy) is 1. The molecule has 0 saturated carbocycles. The first-order valence-corrected chi connectivity index (χ1v) is 14.6. The third-order valence-corrected chi connectivity index (χ3v) is 8.82. The highest BCUT2D eigenvalue weighted by molar-refractivity contribution is 6.07. The number of nitrogens with zero attached hydrogens (tertiary/aromatic N) is 3. The lowest BCUT2D eigenvalue weighted by Gasteiger charge is -2.44. The molecule has 214 valence electrons. The number of methoxy groups -OCH3 is 1.